The van der Waals surface area contributed by atoms with Crippen molar-refractivity contribution in [2.75, 3.05) is 17.6 Å². The van der Waals surface area contributed by atoms with Gasteiger partial charge in [0.25, 0.3) is 0 Å². The molecule has 100 valence electrons. The number of hydrogen-bond acceptors (Lipinski definition) is 5. The summed E-state index contributed by atoms with van der Waals surface area (Å²) in [6.45, 7) is 1.00. The number of nitrogens with two attached hydrogens (primary N) is 1. The van der Waals surface area contributed by atoms with E-state index in [-0.39, 0.29) is 0 Å². The largest absolute Gasteiger partial charge is 0.382 e. The summed E-state index contributed by atoms with van der Waals surface area (Å²) in [5.41, 5.74) is 8.07. The van der Waals surface area contributed by atoms with Crippen molar-refractivity contribution in [2.24, 2.45) is 5.92 Å². The third-order valence-electron chi connectivity index (χ3n) is 3.75. The van der Waals surface area contributed by atoms with E-state index in [2.05, 4.69) is 14.7 Å². The van der Waals surface area contributed by atoms with Crippen molar-refractivity contribution < 1.29 is 0 Å². The van der Waals surface area contributed by atoms with Gasteiger partial charge in [0, 0.05) is 18.9 Å². The zero-order valence-electron chi connectivity index (χ0n) is 10.8. The predicted octanol–water partition coefficient (Wildman–Crippen LogP) is 3.39. The van der Waals surface area contributed by atoms with Crippen LogP contribution in [-0.2, 0) is 0 Å². The van der Waals surface area contributed by atoms with Gasteiger partial charge >= 0.3 is 0 Å². The van der Waals surface area contributed by atoms with Gasteiger partial charge in [-0.15, -0.1) is 0 Å². The van der Waals surface area contributed by atoms with Crippen LogP contribution >= 0.6 is 11.5 Å². The van der Waals surface area contributed by atoms with E-state index in [1.54, 1.807) is 12.4 Å². The Morgan fingerprint density at radius 2 is 2.11 bits per heavy atom. The van der Waals surface area contributed by atoms with Crippen LogP contribution < -0.4 is 11.1 Å². The molecule has 1 aliphatic carbocycles. The molecule has 2 heterocycles. The molecule has 0 radical (unpaired) electrons. The van der Waals surface area contributed by atoms with Crippen LogP contribution in [0.15, 0.2) is 24.5 Å². The molecule has 0 bridgehead atoms. The van der Waals surface area contributed by atoms with Crippen LogP contribution in [0.25, 0.3) is 11.1 Å². The first-order valence-electron chi connectivity index (χ1n) is 6.74. The highest BCUT2D eigenvalue weighted by Gasteiger charge is 2.18. The second kappa shape index (κ2) is 5.57. The van der Waals surface area contributed by atoms with Crippen LogP contribution in [-0.4, -0.2) is 15.9 Å². The Bertz CT molecular complexity index is 534. The van der Waals surface area contributed by atoms with Gasteiger partial charge in [0.15, 0.2) is 0 Å². The number of nitrogens with zero attached hydrogens (tertiary/aromatic N) is 2. The van der Waals surface area contributed by atoms with Crippen LogP contribution in [0.3, 0.4) is 0 Å². The smallest absolute Gasteiger partial charge is 0.147 e. The maximum absolute atomic E-state index is 5.98. The topological polar surface area (TPSA) is 63.8 Å². The molecular weight excluding hydrogens is 256 g/mol. The van der Waals surface area contributed by atoms with Gasteiger partial charge in [-0.25, -0.2) is 0 Å². The van der Waals surface area contributed by atoms with Crippen molar-refractivity contribution in [1.29, 1.82) is 0 Å². The van der Waals surface area contributed by atoms with Gasteiger partial charge in [-0.2, -0.15) is 4.37 Å². The molecule has 0 aliphatic heterocycles. The highest BCUT2D eigenvalue weighted by atomic mass is 32.1. The quantitative estimate of drug-likeness (QED) is 0.877. The molecule has 0 aromatic carbocycles. The molecule has 19 heavy (non-hydrogen) atoms. The second-order valence-electron chi connectivity index (χ2n) is 5.02. The zero-order chi connectivity index (χ0) is 13.1. The van der Waals surface area contributed by atoms with Gasteiger partial charge in [-0.05, 0) is 41.6 Å². The maximum atomic E-state index is 5.98. The van der Waals surface area contributed by atoms with Gasteiger partial charge < -0.3 is 11.1 Å². The normalized spacial score (nSPS) is 15.2. The monoisotopic (exact) mass is 274 g/mol. The van der Waals surface area contributed by atoms with Crippen molar-refractivity contribution >= 4 is 22.4 Å². The third kappa shape index (κ3) is 2.71. The van der Waals surface area contributed by atoms with Crippen LogP contribution in [0.2, 0.25) is 0 Å². The molecule has 0 spiro atoms. The third-order valence-corrected chi connectivity index (χ3v) is 4.57. The lowest BCUT2D eigenvalue weighted by molar-refractivity contribution is 0.303. The molecule has 0 atom stereocenters. The number of hydrogen-bond donors (Lipinski definition) is 2. The highest BCUT2D eigenvalue weighted by Crippen LogP contribution is 2.37. The average Bonchev–Trinajstić information content (AvgIpc) is 2.75. The number of nitrogen functional groups attached to an aromatic ring is 1. The van der Waals surface area contributed by atoms with Crippen molar-refractivity contribution in [3.63, 3.8) is 0 Å². The summed E-state index contributed by atoms with van der Waals surface area (Å²) >= 11 is 1.44. The number of anilines is 2. The van der Waals surface area contributed by atoms with Gasteiger partial charge in [-0.3, -0.25) is 4.98 Å². The molecule has 3 N–H and O–H groups in total. The highest BCUT2D eigenvalue weighted by molar-refractivity contribution is 7.11. The fourth-order valence-electron chi connectivity index (χ4n) is 2.39. The standard InChI is InChI=1S/C14H18N4S/c15-13-12(11-5-7-16-8-6-11)14(19-18-13)17-9-4-10-2-1-3-10/h5-8,10,17H,1-4,9H2,(H2,15,18). The first-order chi connectivity index (χ1) is 9.34. The Balaban J connectivity index is 1.71. The summed E-state index contributed by atoms with van der Waals surface area (Å²) in [4.78, 5) is 4.04. The van der Waals surface area contributed by atoms with E-state index in [1.807, 2.05) is 12.1 Å². The number of nitrogens with one attached hydrogen (secondary N) is 1. The van der Waals surface area contributed by atoms with E-state index < -0.39 is 0 Å². The summed E-state index contributed by atoms with van der Waals surface area (Å²) in [6.07, 6.45) is 9.00. The molecule has 3 rings (SSSR count). The Morgan fingerprint density at radius 1 is 1.32 bits per heavy atom. The molecule has 5 heteroatoms. The molecule has 0 amide bonds. The van der Waals surface area contributed by atoms with Crippen molar-refractivity contribution in [3.05, 3.63) is 24.5 Å². The lowest BCUT2D eigenvalue weighted by Gasteiger charge is -2.25. The number of rotatable bonds is 5. The van der Waals surface area contributed by atoms with Gasteiger partial charge in [0.05, 0.1) is 5.56 Å². The first kappa shape index (κ1) is 12.4. The lowest BCUT2D eigenvalue weighted by Crippen LogP contribution is -2.15. The Hall–Kier alpha value is -1.62. The molecule has 1 fully saturated rings. The van der Waals surface area contributed by atoms with Gasteiger partial charge in [0.2, 0.25) is 0 Å². The fraction of sp³-hybridized carbons (Fsp3) is 0.429. The van der Waals surface area contributed by atoms with E-state index in [0.29, 0.717) is 5.82 Å². The minimum atomic E-state index is 0.599. The first-order valence-corrected chi connectivity index (χ1v) is 7.51. The van der Waals surface area contributed by atoms with E-state index in [1.165, 1.54) is 37.2 Å². The molecule has 2 aromatic rings. The van der Waals surface area contributed by atoms with E-state index in [4.69, 9.17) is 5.73 Å². The maximum Gasteiger partial charge on any atom is 0.147 e. The van der Waals surface area contributed by atoms with Gasteiger partial charge in [0.1, 0.15) is 10.8 Å². The zero-order valence-corrected chi connectivity index (χ0v) is 11.6. The average molecular weight is 274 g/mol. The number of aromatic nitrogens is 2. The molecule has 0 unspecified atom stereocenters. The molecule has 0 saturated heterocycles. The summed E-state index contributed by atoms with van der Waals surface area (Å²) in [7, 11) is 0. The van der Waals surface area contributed by atoms with Crippen LogP contribution in [0, 0.1) is 5.92 Å². The van der Waals surface area contributed by atoms with Crippen LogP contribution in [0.4, 0.5) is 10.8 Å². The van der Waals surface area contributed by atoms with Crippen molar-refractivity contribution in [2.45, 2.75) is 25.7 Å². The Morgan fingerprint density at radius 3 is 2.79 bits per heavy atom. The summed E-state index contributed by atoms with van der Waals surface area (Å²) in [5.74, 6) is 1.52. The van der Waals surface area contributed by atoms with E-state index in [9.17, 15) is 0 Å². The molecule has 4 nitrogen and oxygen atoms in total. The molecule has 2 aromatic heterocycles. The lowest BCUT2D eigenvalue weighted by atomic mass is 9.83. The fourth-order valence-corrected chi connectivity index (χ4v) is 3.15. The SMILES string of the molecule is Nc1nsc(NCCC2CCC2)c1-c1ccncc1. The summed E-state index contributed by atoms with van der Waals surface area (Å²) in [5, 5.41) is 4.56. The Labute approximate surface area is 117 Å². The van der Waals surface area contributed by atoms with Crippen molar-refractivity contribution in [3.8, 4) is 11.1 Å². The van der Waals surface area contributed by atoms with E-state index >= 15 is 0 Å². The second-order valence-corrected chi connectivity index (χ2v) is 5.79. The van der Waals surface area contributed by atoms with Crippen molar-refractivity contribution in [1.82, 2.24) is 9.36 Å². The van der Waals surface area contributed by atoms with Gasteiger partial charge in [-0.1, -0.05) is 19.3 Å². The Kier molecular flexibility index (Phi) is 3.64. The molecular formula is C14H18N4S. The summed E-state index contributed by atoms with van der Waals surface area (Å²) < 4.78 is 4.26. The molecule has 1 saturated carbocycles. The number of pyridine rings is 1. The minimum absolute atomic E-state index is 0.599. The van der Waals surface area contributed by atoms with Crippen LogP contribution in [0.1, 0.15) is 25.7 Å². The van der Waals surface area contributed by atoms with E-state index in [0.717, 1.165) is 28.6 Å². The summed E-state index contributed by atoms with van der Waals surface area (Å²) in [6, 6.07) is 3.94. The molecule has 1 aliphatic rings. The predicted molar refractivity (Wildman–Crippen MR) is 80.2 cm³/mol. The minimum Gasteiger partial charge on any atom is -0.382 e. The van der Waals surface area contributed by atoms with Crippen LogP contribution in [0.5, 0.6) is 0 Å².